The van der Waals surface area contributed by atoms with Gasteiger partial charge in [-0.3, -0.25) is 4.79 Å². The second kappa shape index (κ2) is 5.82. The number of aromatic nitrogens is 1. The quantitative estimate of drug-likeness (QED) is 0.837. The number of rotatable bonds is 5. The molecule has 5 nitrogen and oxygen atoms in total. The van der Waals surface area contributed by atoms with Crippen molar-refractivity contribution in [3.63, 3.8) is 0 Å². The fraction of sp³-hybridized carbons (Fsp3) is 0.667. The lowest BCUT2D eigenvalue weighted by atomic mass is 10.2. The lowest BCUT2D eigenvalue weighted by Crippen LogP contribution is -2.31. The first-order valence-electron chi connectivity index (χ1n) is 6.03. The van der Waals surface area contributed by atoms with E-state index < -0.39 is 0 Å². The molecule has 0 radical (unpaired) electrons. The largest absolute Gasteiger partial charge is 0.449 e. The van der Waals surface area contributed by atoms with Gasteiger partial charge in [0.05, 0.1) is 11.8 Å². The number of nitrogens with one attached hydrogen (secondary N) is 1. The topological polar surface area (TPSA) is 64.4 Å². The number of carbonyl (C=O) groups excluding carboxylic acids is 1. The Hall–Kier alpha value is -1.36. The summed E-state index contributed by atoms with van der Waals surface area (Å²) in [5, 5.41) is 2.88. The third kappa shape index (κ3) is 3.85. The predicted molar refractivity (Wildman–Crippen MR) is 61.5 cm³/mol. The van der Waals surface area contributed by atoms with Crippen molar-refractivity contribution >= 4 is 5.91 Å². The van der Waals surface area contributed by atoms with Crippen LogP contribution in [0.25, 0.3) is 0 Å². The van der Waals surface area contributed by atoms with Gasteiger partial charge in [0.15, 0.2) is 5.89 Å². The van der Waals surface area contributed by atoms with Crippen molar-refractivity contribution in [3.05, 3.63) is 17.8 Å². The van der Waals surface area contributed by atoms with Gasteiger partial charge in [0.1, 0.15) is 6.26 Å². The molecule has 94 valence electrons. The zero-order chi connectivity index (χ0) is 12.1. The summed E-state index contributed by atoms with van der Waals surface area (Å²) in [4.78, 5) is 15.7. The summed E-state index contributed by atoms with van der Waals surface area (Å²) in [6.07, 6.45) is 5.01. The average Bonchev–Trinajstić information content (AvgIpc) is 2.95. The average molecular weight is 238 g/mol. The van der Waals surface area contributed by atoms with Gasteiger partial charge in [0, 0.05) is 32.9 Å². The van der Waals surface area contributed by atoms with E-state index >= 15 is 0 Å². The number of ether oxygens (including phenoxy) is 1. The van der Waals surface area contributed by atoms with Crippen molar-refractivity contribution in [2.75, 3.05) is 13.2 Å². The van der Waals surface area contributed by atoms with Gasteiger partial charge < -0.3 is 14.5 Å². The first kappa shape index (κ1) is 12.1. The van der Waals surface area contributed by atoms with Gasteiger partial charge >= 0.3 is 0 Å². The molecule has 1 amide bonds. The molecule has 0 aromatic carbocycles. The van der Waals surface area contributed by atoms with Crippen LogP contribution in [0.3, 0.4) is 0 Å². The summed E-state index contributed by atoms with van der Waals surface area (Å²) in [6, 6.07) is 0. The van der Waals surface area contributed by atoms with E-state index in [4.69, 9.17) is 9.15 Å². The van der Waals surface area contributed by atoms with Crippen LogP contribution in [0.4, 0.5) is 0 Å². The van der Waals surface area contributed by atoms with Crippen molar-refractivity contribution in [1.29, 1.82) is 0 Å². The number of hydrogen-bond donors (Lipinski definition) is 1. The van der Waals surface area contributed by atoms with Crippen LogP contribution in [0.5, 0.6) is 0 Å². The highest BCUT2D eigenvalue weighted by molar-refractivity contribution is 5.76. The van der Waals surface area contributed by atoms with E-state index in [0.717, 1.165) is 25.1 Å². The van der Waals surface area contributed by atoms with Gasteiger partial charge in [0.2, 0.25) is 5.91 Å². The molecule has 17 heavy (non-hydrogen) atoms. The van der Waals surface area contributed by atoms with Gasteiger partial charge in [-0.2, -0.15) is 0 Å². The van der Waals surface area contributed by atoms with Crippen molar-refractivity contribution in [3.8, 4) is 0 Å². The third-order valence-electron chi connectivity index (χ3n) is 2.83. The van der Waals surface area contributed by atoms with E-state index in [1.165, 1.54) is 0 Å². The molecule has 2 heterocycles. The van der Waals surface area contributed by atoms with Crippen LogP contribution in [0.1, 0.15) is 30.8 Å². The SMILES string of the molecule is Cc1nc(CCC(=O)NCC2CCCO2)co1. The molecule has 1 aromatic heterocycles. The number of oxazole rings is 1. The van der Waals surface area contributed by atoms with Crippen LogP contribution in [0.15, 0.2) is 10.7 Å². The minimum absolute atomic E-state index is 0.0427. The number of aryl methyl sites for hydroxylation is 2. The third-order valence-corrected chi connectivity index (χ3v) is 2.83. The molecule has 1 atom stereocenters. The van der Waals surface area contributed by atoms with Gasteiger partial charge in [-0.05, 0) is 12.8 Å². The predicted octanol–water partition coefficient (Wildman–Crippen LogP) is 1.21. The molecular formula is C12H18N2O3. The van der Waals surface area contributed by atoms with Gasteiger partial charge in [-0.25, -0.2) is 4.98 Å². The van der Waals surface area contributed by atoms with Crippen LogP contribution in [-0.4, -0.2) is 30.1 Å². The Morgan fingerprint density at radius 1 is 1.65 bits per heavy atom. The number of amides is 1. The maximum absolute atomic E-state index is 11.6. The van der Waals surface area contributed by atoms with E-state index in [0.29, 0.717) is 25.3 Å². The smallest absolute Gasteiger partial charge is 0.220 e. The molecule has 2 rings (SSSR count). The molecule has 1 saturated heterocycles. The molecule has 1 unspecified atom stereocenters. The summed E-state index contributed by atoms with van der Waals surface area (Å²) in [6.45, 7) is 3.23. The molecule has 1 N–H and O–H groups in total. The summed E-state index contributed by atoms with van der Waals surface area (Å²) < 4.78 is 10.5. The standard InChI is InChI=1S/C12H18N2O3/c1-9-14-10(8-17-9)4-5-12(15)13-7-11-3-2-6-16-11/h8,11H,2-7H2,1H3,(H,13,15). The van der Waals surface area contributed by atoms with Crippen LogP contribution in [0.2, 0.25) is 0 Å². The Balaban J connectivity index is 1.63. The normalized spacial score (nSPS) is 19.5. The van der Waals surface area contributed by atoms with E-state index in [1.807, 2.05) is 0 Å². The fourth-order valence-electron chi connectivity index (χ4n) is 1.89. The van der Waals surface area contributed by atoms with Gasteiger partial charge in [-0.1, -0.05) is 0 Å². The highest BCUT2D eigenvalue weighted by Crippen LogP contribution is 2.10. The molecule has 1 aliphatic rings. The first-order valence-corrected chi connectivity index (χ1v) is 6.03. The van der Waals surface area contributed by atoms with Crippen LogP contribution >= 0.6 is 0 Å². The number of carbonyl (C=O) groups is 1. The molecule has 1 aliphatic heterocycles. The van der Waals surface area contributed by atoms with E-state index in [-0.39, 0.29) is 12.0 Å². The van der Waals surface area contributed by atoms with Crippen LogP contribution in [0, 0.1) is 6.92 Å². The number of hydrogen-bond acceptors (Lipinski definition) is 4. The van der Waals surface area contributed by atoms with Crippen molar-refractivity contribution in [2.45, 2.75) is 38.7 Å². The maximum atomic E-state index is 11.6. The second-order valence-electron chi connectivity index (χ2n) is 4.30. The Morgan fingerprint density at radius 3 is 3.18 bits per heavy atom. The van der Waals surface area contributed by atoms with E-state index in [2.05, 4.69) is 10.3 Å². The first-order chi connectivity index (χ1) is 8.24. The second-order valence-corrected chi connectivity index (χ2v) is 4.30. The molecule has 0 spiro atoms. The van der Waals surface area contributed by atoms with Gasteiger partial charge in [-0.15, -0.1) is 0 Å². The van der Waals surface area contributed by atoms with Crippen molar-refractivity contribution in [1.82, 2.24) is 10.3 Å². The summed E-state index contributed by atoms with van der Waals surface area (Å²) in [5.74, 6) is 0.681. The van der Waals surface area contributed by atoms with Crippen LogP contribution in [-0.2, 0) is 16.0 Å². The zero-order valence-corrected chi connectivity index (χ0v) is 10.1. The minimum atomic E-state index is 0.0427. The Labute approximate surface area is 101 Å². The molecular weight excluding hydrogens is 220 g/mol. The molecule has 0 saturated carbocycles. The molecule has 1 fully saturated rings. The van der Waals surface area contributed by atoms with E-state index in [1.54, 1.807) is 13.2 Å². The van der Waals surface area contributed by atoms with Crippen LogP contribution < -0.4 is 5.32 Å². The van der Waals surface area contributed by atoms with E-state index in [9.17, 15) is 4.79 Å². The monoisotopic (exact) mass is 238 g/mol. The Bertz CT molecular complexity index is 370. The number of nitrogens with zero attached hydrogens (tertiary/aromatic N) is 1. The summed E-state index contributed by atoms with van der Waals surface area (Å²) in [7, 11) is 0. The molecule has 0 bridgehead atoms. The molecule has 5 heteroatoms. The van der Waals surface area contributed by atoms with Gasteiger partial charge in [0.25, 0.3) is 0 Å². The molecule has 1 aromatic rings. The lowest BCUT2D eigenvalue weighted by molar-refractivity contribution is -0.121. The minimum Gasteiger partial charge on any atom is -0.449 e. The Morgan fingerprint density at radius 2 is 2.53 bits per heavy atom. The highest BCUT2D eigenvalue weighted by Gasteiger charge is 2.16. The zero-order valence-electron chi connectivity index (χ0n) is 10.1. The summed E-state index contributed by atoms with van der Waals surface area (Å²) >= 11 is 0. The lowest BCUT2D eigenvalue weighted by Gasteiger charge is -2.10. The fourth-order valence-corrected chi connectivity index (χ4v) is 1.89. The maximum Gasteiger partial charge on any atom is 0.220 e. The summed E-state index contributed by atoms with van der Waals surface area (Å²) in [5.41, 5.74) is 0.828. The molecule has 0 aliphatic carbocycles. The highest BCUT2D eigenvalue weighted by atomic mass is 16.5. The van der Waals surface area contributed by atoms with Crippen molar-refractivity contribution < 1.29 is 13.9 Å². The van der Waals surface area contributed by atoms with Crippen molar-refractivity contribution in [2.24, 2.45) is 0 Å². The Kier molecular flexibility index (Phi) is 4.14.